The monoisotopic (exact) mass is 507 g/mol. The number of hydrogen-bond acceptors (Lipinski definition) is 5. The van der Waals surface area contributed by atoms with Gasteiger partial charge in [0.05, 0.1) is 35.5 Å². The number of hydrogen-bond donors (Lipinski definition) is 1. The highest BCUT2D eigenvalue weighted by Crippen LogP contribution is 2.25. The van der Waals surface area contributed by atoms with Crippen LogP contribution in [0.1, 0.15) is 17.2 Å². The topological polar surface area (TPSA) is 73.2 Å². The molecule has 6 nitrogen and oxygen atoms in total. The van der Waals surface area contributed by atoms with Gasteiger partial charge in [-0.05, 0) is 35.4 Å². The maximum Gasteiger partial charge on any atom is 0.266 e. The van der Waals surface area contributed by atoms with Crippen LogP contribution in [0.2, 0.25) is 0 Å². The average molecular weight is 508 g/mol. The van der Waals surface area contributed by atoms with Gasteiger partial charge in [0.15, 0.2) is 5.16 Å². The van der Waals surface area contributed by atoms with Crippen LogP contribution in [-0.2, 0) is 4.79 Å². The highest BCUT2D eigenvalue weighted by molar-refractivity contribution is 7.99. The summed E-state index contributed by atoms with van der Waals surface area (Å²) in [6.45, 7) is 0. The number of aromatic nitrogens is 2. The summed E-state index contributed by atoms with van der Waals surface area (Å²) in [5.41, 5.74) is 2.99. The van der Waals surface area contributed by atoms with E-state index >= 15 is 0 Å². The number of para-hydroxylation sites is 1. The van der Waals surface area contributed by atoms with Crippen LogP contribution in [-0.4, -0.2) is 28.3 Å². The van der Waals surface area contributed by atoms with Crippen LogP contribution in [0.4, 0.5) is 0 Å². The largest absolute Gasteiger partial charge is 0.497 e. The lowest BCUT2D eigenvalue weighted by Crippen LogP contribution is -2.31. The van der Waals surface area contributed by atoms with E-state index < -0.39 is 0 Å². The Morgan fingerprint density at radius 2 is 1.54 bits per heavy atom. The van der Waals surface area contributed by atoms with Gasteiger partial charge in [0.25, 0.3) is 5.56 Å². The SMILES string of the molecule is COc1cccc(-n2c(SCC(=O)NC(c3ccccc3)c3ccccc3)nc3ccccc3c2=O)c1. The summed E-state index contributed by atoms with van der Waals surface area (Å²) in [5.74, 6) is 0.549. The summed E-state index contributed by atoms with van der Waals surface area (Å²) in [6, 6.07) is 33.9. The van der Waals surface area contributed by atoms with Crippen molar-refractivity contribution >= 4 is 28.6 Å². The molecule has 0 bridgehead atoms. The number of benzene rings is 4. The zero-order valence-electron chi connectivity index (χ0n) is 20.2. The molecule has 0 atom stereocenters. The first kappa shape index (κ1) is 24.3. The van der Waals surface area contributed by atoms with Crippen molar-refractivity contribution < 1.29 is 9.53 Å². The van der Waals surface area contributed by atoms with Gasteiger partial charge >= 0.3 is 0 Å². The summed E-state index contributed by atoms with van der Waals surface area (Å²) >= 11 is 1.22. The number of nitrogens with zero attached hydrogens (tertiary/aromatic N) is 2. The van der Waals surface area contributed by atoms with Crippen molar-refractivity contribution in [2.45, 2.75) is 11.2 Å². The molecule has 0 spiro atoms. The Morgan fingerprint density at radius 3 is 2.22 bits per heavy atom. The molecule has 0 saturated heterocycles. The number of carbonyl (C=O) groups is 1. The molecule has 4 aromatic carbocycles. The number of methoxy groups -OCH3 is 1. The summed E-state index contributed by atoms with van der Waals surface area (Å²) < 4.78 is 6.90. The first-order valence-electron chi connectivity index (χ1n) is 11.8. The standard InChI is InChI=1S/C30H25N3O3S/c1-36-24-16-10-15-23(19-24)33-29(35)25-17-8-9-18-26(25)31-30(33)37-20-27(34)32-28(21-11-4-2-5-12-21)22-13-6-3-7-14-22/h2-19,28H,20H2,1H3,(H,32,34). The third-order valence-electron chi connectivity index (χ3n) is 5.96. The minimum Gasteiger partial charge on any atom is -0.497 e. The summed E-state index contributed by atoms with van der Waals surface area (Å²) in [6.07, 6.45) is 0. The molecule has 5 rings (SSSR count). The normalized spacial score (nSPS) is 11.0. The molecular weight excluding hydrogens is 482 g/mol. The Hall–Kier alpha value is -4.36. The Bertz CT molecular complexity index is 1550. The molecule has 37 heavy (non-hydrogen) atoms. The van der Waals surface area contributed by atoms with Crippen molar-refractivity contribution in [3.05, 3.63) is 131 Å². The second-order valence-electron chi connectivity index (χ2n) is 8.36. The van der Waals surface area contributed by atoms with Gasteiger partial charge in [0.1, 0.15) is 5.75 Å². The van der Waals surface area contributed by atoms with Gasteiger partial charge in [-0.25, -0.2) is 4.98 Å². The van der Waals surface area contributed by atoms with E-state index in [4.69, 9.17) is 9.72 Å². The molecule has 1 heterocycles. The van der Waals surface area contributed by atoms with E-state index in [1.807, 2.05) is 91.0 Å². The van der Waals surface area contributed by atoms with E-state index in [1.165, 1.54) is 16.3 Å². The Balaban J connectivity index is 1.46. The summed E-state index contributed by atoms with van der Waals surface area (Å²) in [5, 5.41) is 4.09. The fourth-order valence-corrected chi connectivity index (χ4v) is 4.99. The number of thioether (sulfide) groups is 1. The maximum atomic E-state index is 13.5. The smallest absolute Gasteiger partial charge is 0.266 e. The molecule has 7 heteroatoms. The van der Waals surface area contributed by atoms with Crippen LogP contribution in [0.15, 0.2) is 119 Å². The molecular formula is C30H25N3O3S. The van der Waals surface area contributed by atoms with Crippen LogP contribution < -0.4 is 15.6 Å². The number of ether oxygens (including phenoxy) is 1. The minimum absolute atomic E-state index is 0.0882. The van der Waals surface area contributed by atoms with E-state index in [1.54, 1.807) is 25.3 Å². The number of carbonyl (C=O) groups excluding carboxylic acids is 1. The Morgan fingerprint density at radius 1 is 0.892 bits per heavy atom. The number of nitrogens with one attached hydrogen (secondary N) is 1. The molecule has 1 amide bonds. The lowest BCUT2D eigenvalue weighted by atomic mass is 9.99. The Kier molecular flexibility index (Phi) is 7.33. The molecule has 1 N–H and O–H groups in total. The lowest BCUT2D eigenvalue weighted by molar-refractivity contribution is -0.119. The van der Waals surface area contributed by atoms with Crippen molar-refractivity contribution in [2.75, 3.05) is 12.9 Å². The first-order valence-corrected chi connectivity index (χ1v) is 12.8. The molecule has 184 valence electrons. The zero-order chi connectivity index (χ0) is 25.6. The van der Waals surface area contributed by atoms with E-state index in [0.717, 1.165) is 11.1 Å². The van der Waals surface area contributed by atoms with Gasteiger partial charge in [-0.2, -0.15) is 0 Å². The van der Waals surface area contributed by atoms with Gasteiger partial charge in [0.2, 0.25) is 5.91 Å². The summed E-state index contributed by atoms with van der Waals surface area (Å²) in [7, 11) is 1.58. The molecule has 0 aliphatic carbocycles. The van der Waals surface area contributed by atoms with Gasteiger partial charge in [-0.3, -0.25) is 14.2 Å². The third kappa shape index (κ3) is 5.42. The predicted octanol–water partition coefficient (Wildman–Crippen LogP) is 5.39. The summed E-state index contributed by atoms with van der Waals surface area (Å²) in [4.78, 5) is 31.5. The van der Waals surface area contributed by atoms with Crippen LogP contribution in [0.25, 0.3) is 16.6 Å². The number of fused-ring (bicyclic) bond motifs is 1. The molecule has 1 aromatic heterocycles. The van der Waals surface area contributed by atoms with E-state index in [0.29, 0.717) is 27.5 Å². The molecule has 0 fully saturated rings. The number of amides is 1. The molecule has 5 aromatic rings. The van der Waals surface area contributed by atoms with Gasteiger partial charge in [0, 0.05) is 6.07 Å². The fourth-order valence-electron chi connectivity index (χ4n) is 4.17. The van der Waals surface area contributed by atoms with Crippen molar-refractivity contribution in [3.8, 4) is 11.4 Å². The molecule has 0 aliphatic heterocycles. The second kappa shape index (κ2) is 11.1. The van der Waals surface area contributed by atoms with Gasteiger partial charge < -0.3 is 10.1 Å². The van der Waals surface area contributed by atoms with Gasteiger partial charge in [-0.15, -0.1) is 0 Å². The van der Waals surface area contributed by atoms with E-state index in [2.05, 4.69) is 5.32 Å². The van der Waals surface area contributed by atoms with Crippen molar-refractivity contribution in [1.82, 2.24) is 14.9 Å². The highest BCUT2D eigenvalue weighted by atomic mass is 32.2. The van der Waals surface area contributed by atoms with Gasteiger partial charge in [-0.1, -0.05) is 90.6 Å². The predicted molar refractivity (Wildman–Crippen MR) is 147 cm³/mol. The second-order valence-corrected chi connectivity index (χ2v) is 9.31. The van der Waals surface area contributed by atoms with E-state index in [-0.39, 0.29) is 23.3 Å². The van der Waals surface area contributed by atoms with Crippen molar-refractivity contribution in [2.24, 2.45) is 0 Å². The van der Waals surface area contributed by atoms with Crippen LogP contribution in [0.5, 0.6) is 5.75 Å². The van der Waals surface area contributed by atoms with Crippen LogP contribution in [0, 0.1) is 0 Å². The molecule has 0 unspecified atom stereocenters. The Labute approximate surface area is 219 Å². The third-order valence-corrected chi connectivity index (χ3v) is 6.90. The highest BCUT2D eigenvalue weighted by Gasteiger charge is 2.19. The van der Waals surface area contributed by atoms with Crippen molar-refractivity contribution in [3.63, 3.8) is 0 Å². The molecule has 0 aliphatic rings. The first-order chi connectivity index (χ1) is 18.1. The van der Waals surface area contributed by atoms with Crippen LogP contribution in [0.3, 0.4) is 0 Å². The van der Waals surface area contributed by atoms with E-state index in [9.17, 15) is 9.59 Å². The number of rotatable bonds is 8. The average Bonchev–Trinajstić information content (AvgIpc) is 2.96. The maximum absolute atomic E-state index is 13.5. The quantitative estimate of drug-likeness (QED) is 0.225. The minimum atomic E-state index is -0.291. The molecule has 0 saturated carbocycles. The fraction of sp³-hybridized carbons (Fsp3) is 0.100. The zero-order valence-corrected chi connectivity index (χ0v) is 21.0. The van der Waals surface area contributed by atoms with Crippen molar-refractivity contribution in [1.29, 1.82) is 0 Å². The lowest BCUT2D eigenvalue weighted by Gasteiger charge is -2.20. The van der Waals surface area contributed by atoms with Crippen LogP contribution >= 0.6 is 11.8 Å². The molecule has 0 radical (unpaired) electrons.